The molecule has 0 aliphatic heterocycles. The fourth-order valence-electron chi connectivity index (χ4n) is 2.35. The molecule has 1 aromatic heterocycles. The van der Waals surface area contributed by atoms with Crippen molar-refractivity contribution < 1.29 is 9.18 Å². The molecule has 0 fully saturated rings. The van der Waals surface area contributed by atoms with Crippen molar-refractivity contribution in [2.45, 2.75) is 30.7 Å². The molecule has 0 saturated heterocycles. The van der Waals surface area contributed by atoms with Gasteiger partial charge in [-0.05, 0) is 43.2 Å². The van der Waals surface area contributed by atoms with Gasteiger partial charge in [0.2, 0.25) is 11.1 Å². The smallest absolute Gasteiger partial charge is 0.237 e. The van der Waals surface area contributed by atoms with Crippen LogP contribution in [0.3, 0.4) is 0 Å². The number of aromatic nitrogens is 3. The van der Waals surface area contributed by atoms with E-state index in [0.29, 0.717) is 16.5 Å². The van der Waals surface area contributed by atoms with Crippen molar-refractivity contribution in [3.8, 4) is 11.4 Å². The third-order valence-corrected chi connectivity index (χ3v) is 4.84. The first-order valence-corrected chi connectivity index (χ1v) is 9.18. The first kappa shape index (κ1) is 18.1. The first-order chi connectivity index (χ1) is 12.6. The lowest BCUT2D eigenvalue weighted by atomic mass is 10.1. The van der Waals surface area contributed by atoms with Gasteiger partial charge in [0.25, 0.3) is 0 Å². The molecule has 0 unspecified atom stereocenters. The summed E-state index contributed by atoms with van der Waals surface area (Å²) >= 11 is 1.21. The van der Waals surface area contributed by atoms with Gasteiger partial charge in [0.1, 0.15) is 5.82 Å². The van der Waals surface area contributed by atoms with Crippen molar-refractivity contribution in [1.82, 2.24) is 15.2 Å². The number of halogens is 1. The molecule has 0 aliphatic rings. The van der Waals surface area contributed by atoms with E-state index in [0.717, 1.165) is 12.1 Å². The van der Waals surface area contributed by atoms with Crippen LogP contribution in [0.25, 0.3) is 11.4 Å². The van der Waals surface area contributed by atoms with Crippen LogP contribution < -0.4 is 5.32 Å². The van der Waals surface area contributed by atoms with Crippen molar-refractivity contribution in [1.29, 1.82) is 0 Å². The van der Waals surface area contributed by atoms with E-state index >= 15 is 0 Å². The topological polar surface area (TPSA) is 70.7 Å². The number of carbonyl (C=O) groups is 1. The molecule has 0 bridgehead atoms. The van der Waals surface area contributed by atoms with Crippen molar-refractivity contribution in [3.05, 3.63) is 59.9 Å². The zero-order valence-electron chi connectivity index (χ0n) is 14.5. The van der Waals surface area contributed by atoms with Crippen LogP contribution >= 0.6 is 11.8 Å². The molecular formula is C19H19FN4OS. The number of H-pyrrole nitrogens is 1. The molecule has 7 heteroatoms. The molecule has 0 aliphatic carbocycles. The predicted molar refractivity (Wildman–Crippen MR) is 102 cm³/mol. The summed E-state index contributed by atoms with van der Waals surface area (Å²) in [6, 6.07) is 14.1. The number of aromatic amines is 1. The molecular weight excluding hydrogens is 351 g/mol. The first-order valence-electron chi connectivity index (χ1n) is 8.30. The van der Waals surface area contributed by atoms with Crippen LogP contribution in [0.2, 0.25) is 0 Å². The van der Waals surface area contributed by atoms with Gasteiger partial charge in [0.05, 0.1) is 10.8 Å². The molecule has 2 aromatic carbocycles. The van der Waals surface area contributed by atoms with Gasteiger partial charge in [-0.15, -0.1) is 5.10 Å². The fraction of sp³-hybridized carbons (Fsp3) is 0.211. The minimum absolute atomic E-state index is 0.142. The third kappa shape index (κ3) is 4.29. The van der Waals surface area contributed by atoms with E-state index in [9.17, 15) is 9.18 Å². The normalized spacial score (nSPS) is 12.0. The summed E-state index contributed by atoms with van der Waals surface area (Å²) in [7, 11) is 0. The van der Waals surface area contributed by atoms with Gasteiger partial charge in [-0.1, -0.05) is 43.0 Å². The highest BCUT2D eigenvalue weighted by molar-refractivity contribution is 8.00. The van der Waals surface area contributed by atoms with E-state index in [1.54, 1.807) is 25.1 Å². The van der Waals surface area contributed by atoms with Gasteiger partial charge in [0.15, 0.2) is 5.82 Å². The van der Waals surface area contributed by atoms with Crippen LogP contribution in [0.1, 0.15) is 19.4 Å². The number of nitrogens with one attached hydrogen (secondary N) is 2. The largest absolute Gasteiger partial charge is 0.325 e. The van der Waals surface area contributed by atoms with Gasteiger partial charge in [-0.25, -0.2) is 9.37 Å². The summed E-state index contributed by atoms with van der Waals surface area (Å²) < 4.78 is 13.8. The van der Waals surface area contributed by atoms with Crippen LogP contribution in [0.4, 0.5) is 10.1 Å². The van der Waals surface area contributed by atoms with Gasteiger partial charge in [0, 0.05) is 5.69 Å². The molecule has 0 saturated carbocycles. The quantitative estimate of drug-likeness (QED) is 0.635. The van der Waals surface area contributed by atoms with Crippen molar-refractivity contribution >= 4 is 23.4 Å². The minimum Gasteiger partial charge on any atom is -0.325 e. The summed E-state index contributed by atoms with van der Waals surface area (Å²) in [6.07, 6.45) is 0.954. The van der Waals surface area contributed by atoms with Crippen LogP contribution in [-0.2, 0) is 11.2 Å². The average Bonchev–Trinajstić information content (AvgIpc) is 3.11. The van der Waals surface area contributed by atoms with Gasteiger partial charge in [-0.3, -0.25) is 9.89 Å². The Kier molecular flexibility index (Phi) is 5.68. The number of aryl methyl sites for hydroxylation is 1. The molecule has 1 amide bonds. The Morgan fingerprint density at radius 3 is 2.65 bits per heavy atom. The molecule has 3 rings (SSSR count). The number of thioether (sulfide) groups is 1. The molecule has 134 valence electrons. The molecule has 5 nitrogen and oxygen atoms in total. The molecule has 26 heavy (non-hydrogen) atoms. The SMILES string of the molecule is CCc1ccc(NC(=O)[C@@H](C)Sc2n[nH]c(-c3ccccc3F)n2)cc1. The van der Waals surface area contributed by atoms with Gasteiger partial charge < -0.3 is 5.32 Å². The monoisotopic (exact) mass is 370 g/mol. The minimum atomic E-state index is -0.398. The van der Waals surface area contributed by atoms with Crippen LogP contribution in [0.5, 0.6) is 0 Å². The highest BCUT2D eigenvalue weighted by atomic mass is 32.2. The Labute approximate surface area is 155 Å². The summed E-state index contributed by atoms with van der Waals surface area (Å²) in [5.74, 6) is -0.175. The zero-order valence-corrected chi connectivity index (χ0v) is 15.3. The Morgan fingerprint density at radius 1 is 1.23 bits per heavy atom. The Morgan fingerprint density at radius 2 is 1.96 bits per heavy atom. The Balaban J connectivity index is 1.63. The second-order valence-electron chi connectivity index (χ2n) is 5.75. The van der Waals surface area contributed by atoms with Crippen LogP contribution in [0.15, 0.2) is 53.7 Å². The van der Waals surface area contributed by atoms with E-state index in [-0.39, 0.29) is 11.7 Å². The maximum Gasteiger partial charge on any atom is 0.237 e. The molecule has 1 atom stereocenters. The van der Waals surface area contributed by atoms with Crippen LogP contribution in [0, 0.1) is 5.82 Å². The van der Waals surface area contributed by atoms with E-state index in [2.05, 4.69) is 27.4 Å². The highest BCUT2D eigenvalue weighted by Crippen LogP contribution is 2.25. The molecule has 3 aromatic rings. The number of carbonyl (C=O) groups excluding carboxylic acids is 1. The maximum absolute atomic E-state index is 13.8. The summed E-state index contributed by atoms with van der Waals surface area (Å²) in [4.78, 5) is 16.6. The van der Waals surface area contributed by atoms with E-state index in [1.807, 2.05) is 24.3 Å². The van der Waals surface area contributed by atoms with Crippen molar-refractivity contribution in [2.24, 2.45) is 0 Å². The number of nitrogens with zero attached hydrogens (tertiary/aromatic N) is 2. The molecule has 1 heterocycles. The van der Waals surface area contributed by atoms with E-state index in [4.69, 9.17) is 0 Å². The number of rotatable bonds is 6. The lowest BCUT2D eigenvalue weighted by molar-refractivity contribution is -0.115. The fourth-order valence-corrected chi connectivity index (χ4v) is 3.08. The van der Waals surface area contributed by atoms with E-state index in [1.165, 1.54) is 23.4 Å². The summed E-state index contributed by atoms with van der Waals surface area (Å²) in [5, 5.41) is 9.65. The number of hydrogen-bond donors (Lipinski definition) is 2. The van der Waals surface area contributed by atoms with Crippen molar-refractivity contribution in [2.75, 3.05) is 5.32 Å². The molecule has 0 radical (unpaired) electrons. The Bertz CT molecular complexity index is 895. The predicted octanol–water partition coefficient (Wildman–Crippen LogP) is 4.29. The second-order valence-corrected chi connectivity index (χ2v) is 7.05. The number of benzene rings is 2. The summed E-state index contributed by atoms with van der Waals surface area (Å²) in [5.41, 5.74) is 2.31. The zero-order chi connectivity index (χ0) is 18.5. The summed E-state index contributed by atoms with van der Waals surface area (Å²) in [6.45, 7) is 3.86. The van der Waals surface area contributed by atoms with Crippen molar-refractivity contribution in [3.63, 3.8) is 0 Å². The molecule has 0 spiro atoms. The maximum atomic E-state index is 13.8. The standard InChI is InChI=1S/C19H19FN4OS/c1-3-13-8-10-14(11-9-13)21-18(25)12(2)26-19-22-17(23-24-19)15-6-4-5-7-16(15)20/h4-12H,3H2,1-2H3,(H,21,25)(H,22,23,24)/t12-/m1/s1. The number of hydrogen-bond acceptors (Lipinski definition) is 4. The number of anilines is 1. The van der Waals surface area contributed by atoms with E-state index < -0.39 is 5.25 Å². The average molecular weight is 370 g/mol. The third-order valence-electron chi connectivity index (χ3n) is 3.88. The number of amides is 1. The van der Waals surface area contributed by atoms with Gasteiger partial charge >= 0.3 is 0 Å². The molecule has 2 N–H and O–H groups in total. The van der Waals surface area contributed by atoms with Gasteiger partial charge in [-0.2, -0.15) is 0 Å². The van der Waals surface area contributed by atoms with Crippen LogP contribution in [-0.4, -0.2) is 26.3 Å². The second kappa shape index (κ2) is 8.14. The Hall–Kier alpha value is -2.67. The lowest BCUT2D eigenvalue weighted by Crippen LogP contribution is -2.22. The highest BCUT2D eigenvalue weighted by Gasteiger charge is 2.18. The lowest BCUT2D eigenvalue weighted by Gasteiger charge is -2.10.